The minimum Gasteiger partial charge on any atom is -0.378 e. The Labute approximate surface area is 58.6 Å². The molecule has 2 atom stereocenters. The normalized spacial score (nSPS) is 43.0. The van der Waals surface area contributed by atoms with Crippen LogP contribution >= 0.6 is 0 Å². The Kier molecular flexibility index (Phi) is 1.35. The molecule has 2 nitrogen and oxygen atoms in total. The monoisotopic (exact) mass is 136 g/mol. The Hall–Kier alpha value is -0.150. The first-order valence-electron chi connectivity index (χ1n) is 4.51. The van der Waals surface area contributed by atoms with E-state index < -0.39 is 19.3 Å². The first-order chi connectivity index (χ1) is 5.49. The minimum atomic E-state index is -2.48. The summed E-state index contributed by atoms with van der Waals surface area (Å²) in [7, 11) is -2.48. The van der Waals surface area contributed by atoms with Gasteiger partial charge >= 0.3 is 0 Å². The Morgan fingerprint density at radius 2 is 2.78 bits per heavy atom. The Morgan fingerprint density at radius 3 is 3.44 bits per heavy atom. The first kappa shape index (κ1) is 3.88. The maximum absolute atomic E-state index is 12.9. The summed E-state index contributed by atoms with van der Waals surface area (Å²) in [6.07, 6.45) is -1.57. The van der Waals surface area contributed by atoms with Gasteiger partial charge in [0.05, 0.1) is 10.2 Å². The zero-order valence-corrected chi connectivity index (χ0v) is 5.06. The largest absolute Gasteiger partial charge is 0.378 e. The molecular formula is C6H12FNO. The van der Waals surface area contributed by atoms with E-state index in [1.54, 1.807) is 0 Å². The van der Waals surface area contributed by atoms with E-state index in [4.69, 9.17) is 4.11 Å². The maximum atomic E-state index is 12.9. The van der Waals surface area contributed by atoms with Crippen LogP contribution in [0.2, 0.25) is 0 Å². The summed E-state index contributed by atoms with van der Waals surface area (Å²) in [6.45, 7) is 0.794. The van der Waals surface area contributed by atoms with E-state index in [1.807, 2.05) is 0 Å². The molecule has 54 valence electrons. The Morgan fingerprint density at radius 1 is 1.89 bits per heavy atom. The van der Waals surface area contributed by atoms with Crippen LogP contribution in [0.25, 0.3) is 0 Å². The van der Waals surface area contributed by atoms with Crippen molar-refractivity contribution in [3.63, 3.8) is 0 Å². The van der Waals surface area contributed by atoms with E-state index in [0.717, 1.165) is 0 Å². The summed E-state index contributed by atoms with van der Waals surface area (Å²) < 4.78 is 37.9. The highest BCUT2D eigenvalue weighted by Crippen LogP contribution is 2.09. The quantitative estimate of drug-likeness (QED) is 0.561. The SMILES string of the molecule is [2H]C([2H])([2H])O[C@@H]1CCNC[C@@H]1F. The molecule has 0 unspecified atom stereocenters. The summed E-state index contributed by atoms with van der Waals surface area (Å²) >= 11 is 0. The second-order valence-electron chi connectivity index (χ2n) is 2.17. The molecular weight excluding hydrogens is 121 g/mol. The van der Waals surface area contributed by atoms with Crippen LogP contribution in [0.3, 0.4) is 0 Å². The molecule has 9 heavy (non-hydrogen) atoms. The van der Waals surface area contributed by atoms with E-state index in [0.29, 0.717) is 13.0 Å². The van der Waals surface area contributed by atoms with E-state index in [1.165, 1.54) is 0 Å². The van der Waals surface area contributed by atoms with E-state index in [-0.39, 0.29) is 6.54 Å². The molecule has 0 radical (unpaired) electrons. The number of alkyl halides is 1. The van der Waals surface area contributed by atoms with E-state index in [9.17, 15) is 4.39 Å². The summed E-state index contributed by atoms with van der Waals surface area (Å²) in [5.41, 5.74) is 0. The van der Waals surface area contributed by atoms with Crippen LogP contribution in [0.5, 0.6) is 0 Å². The molecule has 1 rings (SSSR count). The molecule has 1 aliphatic rings. The predicted molar refractivity (Wildman–Crippen MR) is 33.2 cm³/mol. The van der Waals surface area contributed by atoms with Crippen molar-refractivity contribution in [3.8, 4) is 0 Å². The number of piperidine rings is 1. The number of methoxy groups -OCH3 is 1. The summed E-state index contributed by atoms with van der Waals surface area (Å²) in [5.74, 6) is 0. The van der Waals surface area contributed by atoms with Gasteiger partial charge in [0.1, 0.15) is 6.17 Å². The molecule has 3 heteroatoms. The number of halogens is 1. The number of hydrogen-bond acceptors (Lipinski definition) is 2. The van der Waals surface area contributed by atoms with E-state index >= 15 is 0 Å². The lowest BCUT2D eigenvalue weighted by Crippen LogP contribution is -2.42. The molecule has 1 N–H and O–H groups in total. The van der Waals surface area contributed by atoms with Gasteiger partial charge < -0.3 is 10.1 Å². The molecule has 1 fully saturated rings. The van der Waals surface area contributed by atoms with Crippen molar-refractivity contribution < 1.29 is 13.2 Å². The van der Waals surface area contributed by atoms with Crippen molar-refractivity contribution >= 4 is 0 Å². The van der Waals surface area contributed by atoms with Crippen molar-refractivity contribution in [2.75, 3.05) is 20.1 Å². The third kappa shape index (κ3) is 1.63. The molecule has 0 bridgehead atoms. The van der Waals surface area contributed by atoms with Crippen molar-refractivity contribution in [1.29, 1.82) is 0 Å². The zero-order valence-electron chi connectivity index (χ0n) is 8.06. The predicted octanol–water partition coefficient (Wildman–Crippen LogP) is 0.333. The van der Waals surface area contributed by atoms with Crippen molar-refractivity contribution in [2.45, 2.75) is 18.7 Å². The fourth-order valence-corrected chi connectivity index (χ4v) is 0.929. The van der Waals surface area contributed by atoms with Gasteiger partial charge in [0.2, 0.25) is 0 Å². The van der Waals surface area contributed by atoms with Crippen LogP contribution in [0, 0.1) is 0 Å². The average molecular weight is 136 g/mol. The van der Waals surface area contributed by atoms with Gasteiger partial charge in [0, 0.05) is 13.6 Å². The van der Waals surface area contributed by atoms with Gasteiger partial charge in [-0.15, -0.1) is 0 Å². The minimum absolute atomic E-state index is 0.181. The second-order valence-corrected chi connectivity index (χ2v) is 2.17. The highest BCUT2D eigenvalue weighted by molar-refractivity contribution is 4.77. The molecule has 0 aromatic carbocycles. The van der Waals surface area contributed by atoms with Gasteiger partial charge in [-0.1, -0.05) is 0 Å². The lowest BCUT2D eigenvalue weighted by atomic mass is 10.1. The zero-order chi connectivity index (χ0) is 9.19. The lowest BCUT2D eigenvalue weighted by molar-refractivity contribution is 0.0132. The summed E-state index contributed by atoms with van der Waals surface area (Å²) in [5, 5.41) is 2.81. The molecule has 0 aliphatic carbocycles. The van der Waals surface area contributed by atoms with Gasteiger partial charge in [-0.25, -0.2) is 4.39 Å². The van der Waals surface area contributed by atoms with Crippen LogP contribution in [-0.2, 0) is 4.74 Å². The third-order valence-corrected chi connectivity index (χ3v) is 1.50. The Balaban J connectivity index is 2.39. The van der Waals surface area contributed by atoms with Gasteiger partial charge in [-0.3, -0.25) is 0 Å². The van der Waals surface area contributed by atoms with Crippen LogP contribution in [0.15, 0.2) is 0 Å². The summed E-state index contributed by atoms with van der Waals surface area (Å²) in [4.78, 5) is 0. The number of ether oxygens (including phenoxy) is 1. The van der Waals surface area contributed by atoms with Crippen LogP contribution in [0.4, 0.5) is 4.39 Å². The van der Waals surface area contributed by atoms with Crippen molar-refractivity contribution in [3.05, 3.63) is 0 Å². The average Bonchev–Trinajstić information content (AvgIpc) is 1.91. The van der Waals surface area contributed by atoms with Gasteiger partial charge in [0.15, 0.2) is 0 Å². The molecule has 1 saturated heterocycles. The highest BCUT2D eigenvalue weighted by atomic mass is 19.1. The lowest BCUT2D eigenvalue weighted by Gasteiger charge is -2.24. The number of rotatable bonds is 1. The van der Waals surface area contributed by atoms with Crippen molar-refractivity contribution in [1.82, 2.24) is 5.32 Å². The molecule has 0 aromatic rings. The number of nitrogens with one attached hydrogen (secondary N) is 1. The standard InChI is InChI=1S/C6H12FNO/c1-9-6-2-3-8-4-5(6)7/h5-6,8H,2-4H2,1H3/t5-,6+/m0/s1/i1D3. The second kappa shape index (κ2) is 3.13. The molecule has 1 heterocycles. The van der Waals surface area contributed by atoms with Crippen LogP contribution < -0.4 is 5.32 Å². The maximum Gasteiger partial charge on any atom is 0.139 e. The molecule has 0 saturated carbocycles. The van der Waals surface area contributed by atoms with Gasteiger partial charge in [-0.05, 0) is 13.0 Å². The topological polar surface area (TPSA) is 21.3 Å². The molecule has 1 aliphatic heterocycles. The third-order valence-electron chi connectivity index (χ3n) is 1.50. The smallest absolute Gasteiger partial charge is 0.139 e. The number of hydrogen-bond donors (Lipinski definition) is 1. The van der Waals surface area contributed by atoms with Gasteiger partial charge in [0.25, 0.3) is 0 Å². The molecule has 0 aromatic heterocycles. The fraction of sp³-hybridized carbons (Fsp3) is 1.00. The van der Waals surface area contributed by atoms with Gasteiger partial charge in [-0.2, -0.15) is 0 Å². The van der Waals surface area contributed by atoms with Crippen molar-refractivity contribution in [2.24, 2.45) is 0 Å². The first-order valence-corrected chi connectivity index (χ1v) is 3.01. The highest BCUT2D eigenvalue weighted by Gasteiger charge is 2.23. The Bertz CT molecular complexity index is 152. The van der Waals surface area contributed by atoms with Crippen LogP contribution in [0.1, 0.15) is 10.5 Å². The fourth-order valence-electron chi connectivity index (χ4n) is 0.929. The van der Waals surface area contributed by atoms with E-state index in [2.05, 4.69) is 10.1 Å². The summed E-state index contributed by atoms with van der Waals surface area (Å²) in [6, 6.07) is 0. The molecule has 0 spiro atoms. The molecule has 0 amide bonds. The van der Waals surface area contributed by atoms with Crippen LogP contribution in [-0.4, -0.2) is 32.4 Å².